The van der Waals surface area contributed by atoms with E-state index < -0.39 is 11.7 Å². The number of nitrogens with zero attached hydrogens (tertiary/aromatic N) is 1. The van der Waals surface area contributed by atoms with Crippen LogP contribution in [0.25, 0.3) is 10.9 Å². The Kier molecular flexibility index (Phi) is 3.70. The molecule has 0 fully saturated rings. The number of carbonyl (C=O) groups excluding carboxylic acids is 2. The molecule has 1 aromatic carbocycles. The number of carbonyl (C=O) groups is 2. The van der Waals surface area contributed by atoms with Gasteiger partial charge in [0.05, 0.1) is 5.52 Å². The number of ether oxygens (including phenoxy) is 1. The summed E-state index contributed by atoms with van der Waals surface area (Å²) in [6, 6.07) is 8.62. The van der Waals surface area contributed by atoms with Gasteiger partial charge >= 0.3 is 6.09 Å². The van der Waals surface area contributed by atoms with E-state index in [0.29, 0.717) is 16.9 Å². The lowest BCUT2D eigenvalue weighted by molar-refractivity contribution is 0.0635. The first-order valence-electron chi connectivity index (χ1n) is 6.23. The van der Waals surface area contributed by atoms with Gasteiger partial charge in [-0.05, 0) is 51.1 Å². The van der Waals surface area contributed by atoms with Crippen LogP contribution in [-0.2, 0) is 4.74 Å². The first-order valence-corrected chi connectivity index (χ1v) is 6.23. The molecule has 0 aliphatic carbocycles. The predicted molar refractivity (Wildman–Crippen MR) is 77.0 cm³/mol. The third-order valence-electron chi connectivity index (χ3n) is 2.48. The lowest BCUT2D eigenvalue weighted by atomic mass is 10.1. The molecule has 0 aliphatic heterocycles. The number of fused-ring (bicyclic) bond motifs is 1. The fraction of sp³-hybridized carbons (Fsp3) is 0.267. The van der Waals surface area contributed by atoms with Crippen LogP contribution in [0.1, 0.15) is 31.1 Å². The molecular weight excluding hydrogens is 256 g/mol. The molecule has 0 bridgehead atoms. The minimum absolute atomic E-state index is 0.408. The third-order valence-corrected chi connectivity index (χ3v) is 2.48. The number of aromatic nitrogens is 1. The van der Waals surface area contributed by atoms with E-state index >= 15 is 0 Å². The molecular formula is C15H16N2O3. The topological polar surface area (TPSA) is 68.3 Å². The van der Waals surface area contributed by atoms with Crippen molar-refractivity contribution in [2.75, 3.05) is 5.32 Å². The van der Waals surface area contributed by atoms with Crippen molar-refractivity contribution in [3.05, 3.63) is 35.9 Å². The smallest absolute Gasteiger partial charge is 0.413 e. The van der Waals surface area contributed by atoms with Crippen molar-refractivity contribution >= 4 is 29.1 Å². The maximum Gasteiger partial charge on any atom is 0.413 e. The second-order valence-electron chi connectivity index (χ2n) is 5.39. The molecule has 5 heteroatoms. The van der Waals surface area contributed by atoms with E-state index in [9.17, 15) is 9.59 Å². The van der Waals surface area contributed by atoms with E-state index in [1.807, 2.05) is 0 Å². The van der Waals surface area contributed by atoms with E-state index in [1.165, 1.54) is 0 Å². The van der Waals surface area contributed by atoms with E-state index in [4.69, 9.17) is 4.74 Å². The lowest BCUT2D eigenvalue weighted by Crippen LogP contribution is -2.27. The highest BCUT2D eigenvalue weighted by molar-refractivity contribution is 5.89. The molecule has 0 spiro atoms. The number of benzene rings is 1. The highest BCUT2D eigenvalue weighted by atomic mass is 16.6. The molecule has 1 amide bonds. The SMILES string of the molecule is CC(C)(C)OC(=O)Nc1ccc2cc(C=O)ccc2n1. The van der Waals surface area contributed by atoms with Gasteiger partial charge in [-0.15, -0.1) is 0 Å². The van der Waals surface area contributed by atoms with Gasteiger partial charge in [0, 0.05) is 10.9 Å². The Hall–Kier alpha value is -2.43. The van der Waals surface area contributed by atoms with Gasteiger partial charge in [0.1, 0.15) is 17.7 Å². The van der Waals surface area contributed by atoms with Gasteiger partial charge in [-0.3, -0.25) is 10.1 Å². The van der Waals surface area contributed by atoms with Crippen molar-refractivity contribution in [2.45, 2.75) is 26.4 Å². The van der Waals surface area contributed by atoms with Gasteiger partial charge in [0.2, 0.25) is 0 Å². The number of anilines is 1. The highest BCUT2D eigenvalue weighted by Crippen LogP contribution is 2.17. The second-order valence-corrected chi connectivity index (χ2v) is 5.39. The van der Waals surface area contributed by atoms with Gasteiger partial charge < -0.3 is 4.74 Å². The van der Waals surface area contributed by atoms with E-state index in [1.54, 1.807) is 51.1 Å². The summed E-state index contributed by atoms with van der Waals surface area (Å²) < 4.78 is 5.15. The molecule has 1 aromatic heterocycles. The number of aldehydes is 1. The highest BCUT2D eigenvalue weighted by Gasteiger charge is 2.16. The number of amides is 1. The molecule has 0 unspecified atom stereocenters. The van der Waals surface area contributed by atoms with Crippen molar-refractivity contribution in [2.24, 2.45) is 0 Å². The minimum Gasteiger partial charge on any atom is -0.444 e. The monoisotopic (exact) mass is 272 g/mol. The van der Waals surface area contributed by atoms with Crippen molar-refractivity contribution in [1.82, 2.24) is 4.98 Å². The normalized spacial score (nSPS) is 11.2. The average molecular weight is 272 g/mol. The molecule has 0 atom stereocenters. The van der Waals surface area contributed by atoms with Crippen LogP contribution in [0.4, 0.5) is 10.6 Å². The van der Waals surface area contributed by atoms with E-state index in [-0.39, 0.29) is 0 Å². The zero-order chi connectivity index (χ0) is 14.8. The zero-order valence-corrected chi connectivity index (χ0v) is 11.6. The van der Waals surface area contributed by atoms with Gasteiger partial charge in [0.15, 0.2) is 0 Å². The quantitative estimate of drug-likeness (QED) is 0.851. The Morgan fingerprint density at radius 1 is 1.25 bits per heavy atom. The lowest BCUT2D eigenvalue weighted by Gasteiger charge is -2.19. The summed E-state index contributed by atoms with van der Waals surface area (Å²) in [5.41, 5.74) is 0.732. The van der Waals surface area contributed by atoms with Crippen LogP contribution in [-0.4, -0.2) is 23.0 Å². The molecule has 0 radical (unpaired) electrons. The van der Waals surface area contributed by atoms with Crippen LogP contribution in [0.3, 0.4) is 0 Å². The van der Waals surface area contributed by atoms with Gasteiger partial charge in [-0.25, -0.2) is 9.78 Å². The molecule has 2 rings (SSSR count). The second kappa shape index (κ2) is 5.28. The standard InChI is InChI=1S/C15H16N2O3/c1-15(2,3)20-14(19)17-13-7-5-11-8-10(9-18)4-6-12(11)16-13/h4-9H,1-3H3,(H,16,17,19). The van der Waals surface area contributed by atoms with Crippen LogP contribution in [0, 0.1) is 0 Å². The fourth-order valence-electron chi connectivity index (χ4n) is 1.70. The maximum absolute atomic E-state index is 11.6. The van der Waals surface area contributed by atoms with Crippen molar-refractivity contribution in [3.63, 3.8) is 0 Å². The number of nitrogens with one attached hydrogen (secondary N) is 1. The number of rotatable bonds is 2. The molecule has 0 saturated heterocycles. The molecule has 20 heavy (non-hydrogen) atoms. The number of hydrogen-bond donors (Lipinski definition) is 1. The number of pyridine rings is 1. The summed E-state index contributed by atoms with van der Waals surface area (Å²) in [6.45, 7) is 5.38. The average Bonchev–Trinajstić information content (AvgIpc) is 2.35. The van der Waals surface area contributed by atoms with Gasteiger partial charge in [-0.2, -0.15) is 0 Å². The van der Waals surface area contributed by atoms with Crippen molar-refractivity contribution in [3.8, 4) is 0 Å². The zero-order valence-electron chi connectivity index (χ0n) is 11.6. The van der Waals surface area contributed by atoms with Crippen LogP contribution < -0.4 is 5.32 Å². The molecule has 0 saturated carbocycles. The summed E-state index contributed by atoms with van der Waals surface area (Å²) in [5.74, 6) is 0.408. The Labute approximate surface area is 117 Å². The third kappa shape index (κ3) is 3.54. The summed E-state index contributed by atoms with van der Waals surface area (Å²) in [5, 5.41) is 3.41. The van der Waals surface area contributed by atoms with Gasteiger partial charge in [0.25, 0.3) is 0 Å². The van der Waals surface area contributed by atoms with Gasteiger partial charge in [-0.1, -0.05) is 0 Å². The molecule has 104 valence electrons. The Balaban J connectivity index is 2.20. The van der Waals surface area contributed by atoms with Crippen LogP contribution in [0.5, 0.6) is 0 Å². The Bertz CT molecular complexity index is 660. The summed E-state index contributed by atoms with van der Waals surface area (Å²) >= 11 is 0. The first-order chi connectivity index (χ1) is 9.37. The van der Waals surface area contributed by atoms with E-state index in [0.717, 1.165) is 11.7 Å². The predicted octanol–water partition coefficient (Wildman–Crippen LogP) is 3.39. The molecule has 0 aliphatic rings. The van der Waals surface area contributed by atoms with Crippen LogP contribution >= 0.6 is 0 Å². The molecule has 1 N–H and O–H groups in total. The molecule has 2 aromatic rings. The maximum atomic E-state index is 11.6. The molecule has 5 nitrogen and oxygen atoms in total. The number of hydrogen-bond acceptors (Lipinski definition) is 4. The molecule has 1 heterocycles. The Morgan fingerprint density at radius 3 is 2.65 bits per heavy atom. The summed E-state index contributed by atoms with van der Waals surface area (Å²) in [7, 11) is 0. The largest absolute Gasteiger partial charge is 0.444 e. The Morgan fingerprint density at radius 2 is 2.00 bits per heavy atom. The van der Waals surface area contributed by atoms with Crippen molar-refractivity contribution in [1.29, 1.82) is 0 Å². The minimum atomic E-state index is -0.556. The van der Waals surface area contributed by atoms with Crippen LogP contribution in [0.15, 0.2) is 30.3 Å². The summed E-state index contributed by atoms with van der Waals surface area (Å²) in [4.78, 5) is 26.6. The van der Waals surface area contributed by atoms with Crippen molar-refractivity contribution < 1.29 is 14.3 Å². The van der Waals surface area contributed by atoms with Crippen LogP contribution in [0.2, 0.25) is 0 Å². The fourth-order valence-corrected chi connectivity index (χ4v) is 1.70. The van der Waals surface area contributed by atoms with E-state index in [2.05, 4.69) is 10.3 Å². The summed E-state index contributed by atoms with van der Waals surface area (Å²) in [6.07, 6.45) is 0.237. The first kappa shape index (κ1) is 14.0.